The maximum atomic E-state index is 10.3. The lowest BCUT2D eigenvalue weighted by Crippen LogP contribution is -2.08. The van der Waals surface area contributed by atoms with Gasteiger partial charge in [-0.15, -0.1) is 0 Å². The zero-order valence-electron chi connectivity index (χ0n) is 11.5. The minimum Gasteiger partial charge on any atom is -0.481 e. The van der Waals surface area contributed by atoms with Crippen LogP contribution in [-0.4, -0.2) is 22.0 Å². The van der Waals surface area contributed by atoms with E-state index in [1.165, 1.54) is 0 Å². The Kier molecular flexibility index (Phi) is 5.00. The van der Waals surface area contributed by atoms with Crippen molar-refractivity contribution in [2.75, 3.05) is 7.11 Å². The van der Waals surface area contributed by atoms with Gasteiger partial charge in [-0.3, -0.25) is 0 Å². The molecular formula is C13H24N2O2. The fourth-order valence-corrected chi connectivity index (χ4v) is 2.33. The van der Waals surface area contributed by atoms with Gasteiger partial charge in [-0.25, -0.2) is 4.68 Å². The summed E-state index contributed by atoms with van der Waals surface area (Å²) in [7, 11) is 3.45. The number of rotatable bonds is 6. The lowest BCUT2D eigenvalue weighted by atomic mass is 9.93. The smallest absolute Gasteiger partial charge is 0.217 e. The lowest BCUT2D eigenvalue weighted by molar-refractivity contribution is 0.137. The molecule has 1 aromatic heterocycles. The van der Waals surface area contributed by atoms with E-state index in [0.29, 0.717) is 11.8 Å². The molecule has 0 bridgehead atoms. The molecule has 4 heteroatoms. The molecule has 1 atom stereocenters. The van der Waals surface area contributed by atoms with Crippen molar-refractivity contribution in [3.05, 3.63) is 11.3 Å². The molecule has 0 amide bonds. The van der Waals surface area contributed by atoms with E-state index in [2.05, 4.69) is 18.9 Å². The summed E-state index contributed by atoms with van der Waals surface area (Å²) in [5, 5.41) is 14.6. The predicted octanol–water partition coefficient (Wildman–Crippen LogP) is 2.60. The van der Waals surface area contributed by atoms with Crippen LogP contribution in [0.1, 0.15) is 50.5 Å². The zero-order chi connectivity index (χ0) is 13.0. The molecule has 0 saturated heterocycles. The summed E-state index contributed by atoms with van der Waals surface area (Å²) >= 11 is 0. The molecule has 0 fully saturated rings. The Morgan fingerprint density at radius 3 is 2.41 bits per heavy atom. The number of aliphatic hydroxyl groups is 1. The first-order valence-electron chi connectivity index (χ1n) is 6.30. The van der Waals surface area contributed by atoms with Crippen LogP contribution in [0.15, 0.2) is 0 Å². The van der Waals surface area contributed by atoms with Gasteiger partial charge in [0.2, 0.25) is 5.88 Å². The third kappa shape index (κ3) is 3.00. The van der Waals surface area contributed by atoms with Gasteiger partial charge in [0.15, 0.2) is 0 Å². The zero-order valence-corrected chi connectivity index (χ0v) is 11.5. The molecule has 0 saturated carbocycles. The predicted molar refractivity (Wildman–Crippen MR) is 68.1 cm³/mol. The summed E-state index contributed by atoms with van der Waals surface area (Å²) < 4.78 is 6.99. The van der Waals surface area contributed by atoms with Crippen molar-refractivity contribution < 1.29 is 9.84 Å². The molecule has 1 N–H and O–H groups in total. The second kappa shape index (κ2) is 6.05. The molecule has 1 aromatic rings. The van der Waals surface area contributed by atoms with Gasteiger partial charge in [-0.2, -0.15) is 5.10 Å². The fourth-order valence-electron chi connectivity index (χ4n) is 2.33. The van der Waals surface area contributed by atoms with Crippen molar-refractivity contribution in [1.29, 1.82) is 0 Å². The van der Waals surface area contributed by atoms with Crippen LogP contribution in [0.2, 0.25) is 0 Å². The van der Waals surface area contributed by atoms with Gasteiger partial charge in [0, 0.05) is 7.05 Å². The van der Waals surface area contributed by atoms with Crippen LogP contribution in [0.25, 0.3) is 0 Å². The Labute approximate surface area is 104 Å². The molecule has 0 aliphatic rings. The molecule has 0 aromatic carbocycles. The van der Waals surface area contributed by atoms with Crippen molar-refractivity contribution in [1.82, 2.24) is 9.78 Å². The normalized spacial score (nSPS) is 13.1. The molecule has 0 aliphatic heterocycles. The Hall–Kier alpha value is -1.03. The summed E-state index contributed by atoms with van der Waals surface area (Å²) in [6, 6.07) is 0. The standard InChI is InChI=1S/C13H24N2O2/c1-6-10(7-2)8-11(16)12-9(3)14-15(4)13(12)17-5/h10-11,16H,6-8H2,1-5H3. The molecule has 1 rings (SSSR count). The highest BCUT2D eigenvalue weighted by Crippen LogP contribution is 2.33. The van der Waals surface area contributed by atoms with E-state index in [9.17, 15) is 5.11 Å². The average Bonchev–Trinajstić information content (AvgIpc) is 2.60. The van der Waals surface area contributed by atoms with E-state index in [4.69, 9.17) is 4.74 Å². The van der Waals surface area contributed by atoms with Crippen LogP contribution >= 0.6 is 0 Å². The molecular weight excluding hydrogens is 216 g/mol. The Morgan fingerprint density at radius 1 is 1.35 bits per heavy atom. The lowest BCUT2D eigenvalue weighted by Gasteiger charge is -2.18. The topological polar surface area (TPSA) is 47.3 Å². The molecule has 0 aliphatic carbocycles. The quantitative estimate of drug-likeness (QED) is 0.831. The van der Waals surface area contributed by atoms with E-state index < -0.39 is 6.10 Å². The van der Waals surface area contributed by atoms with E-state index in [1.54, 1.807) is 11.8 Å². The van der Waals surface area contributed by atoms with Crippen molar-refractivity contribution in [2.24, 2.45) is 13.0 Å². The number of methoxy groups -OCH3 is 1. The van der Waals surface area contributed by atoms with Crippen molar-refractivity contribution >= 4 is 0 Å². The molecule has 4 nitrogen and oxygen atoms in total. The van der Waals surface area contributed by atoms with Crippen LogP contribution in [0.4, 0.5) is 0 Å². The summed E-state index contributed by atoms with van der Waals surface area (Å²) in [5.41, 5.74) is 1.68. The van der Waals surface area contributed by atoms with Gasteiger partial charge >= 0.3 is 0 Å². The van der Waals surface area contributed by atoms with Crippen molar-refractivity contribution in [3.8, 4) is 5.88 Å². The molecule has 1 unspecified atom stereocenters. The minimum atomic E-state index is -0.483. The largest absolute Gasteiger partial charge is 0.481 e. The average molecular weight is 240 g/mol. The second-order valence-corrected chi connectivity index (χ2v) is 4.57. The molecule has 0 spiro atoms. The summed E-state index contributed by atoms with van der Waals surface area (Å²) in [6.45, 7) is 6.23. The summed E-state index contributed by atoms with van der Waals surface area (Å²) in [5.74, 6) is 1.22. The minimum absolute atomic E-state index is 0.483. The van der Waals surface area contributed by atoms with Crippen LogP contribution in [-0.2, 0) is 7.05 Å². The van der Waals surface area contributed by atoms with Gasteiger partial charge in [0.1, 0.15) is 0 Å². The number of ether oxygens (including phenoxy) is 1. The van der Waals surface area contributed by atoms with E-state index >= 15 is 0 Å². The first-order valence-corrected chi connectivity index (χ1v) is 6.30. The third-order valence-corrected chi connectivity index (χ3v) is 3.45. The van der Waals surface area contributed by atoms with Gasteiger partial charge in [-0.1, -0.05) is 26.7 Å². The highest BCUT2D eigenvalue weighted by molar-refractivity contribution is 5.33. The number of hydrogen-bond acceptors (Lipinski definition) is 3. The van der Waals surface area contributed by atoms with Gasteiger partial charge in [0.05, 0.1) is 24.5 Å². The first-order chi connectivity index (χ1) is 8.04. The van der Waals surface area contributed by atoms with Gasteiger partial charge in [-0.05, 0) is 19.3 Å². The van der Waals surface area contributed by atoms with Crippen LogP contribution < -0.4 is 4.74 Å². The molecule has 0 radical (unpaired) electrons. The van der Waals surface area contributed by atoms with Gasteiger partial charge in [0.25, 0.3) is 0 Å². The number of nitrogens with zero attached hydrogens (tertiary/aromatic N) is 2. The monoisotopic (exact) mass is 240 g/mol. The molecule has 17 heavy (non-hydrogen) atoms. The van der Waals surface area contributed by atoms with E-state index in [1.807, 2.05) is 14.0 Å². The number of aryl methyl sites for hydroxylation is 2. The van der Waals surface area contributed by atoms with Crippen molar-refractivity contribution in [3.63, 3.8) is 0 Å². The Bertz CT molecular complexity index is 357. The number of aromatic nitrogens is 2. The van der Waals surface area contributed by atoms with E-state index in [-0.39, 0.29) is 0 Å². The van der Waals surface area contributed by atoms with Crippen LogP contribution in [0, 0.1) is 12.8 Å². The second-order valence-electron chi connectivity index (χ2n) is 4.57. The SMILES string of the molecule is CCC(CC)CC(O)c1c(C)nn(C)c1OC. The third-order valence-electron chi connectivity index (χ3n) is 3.45. The van der Waals surface area contributed by atoms with Crippen LogP contribution in [0.5, 0.6) is 5.88 Å². The highest BCUT2D eigenvalue weighted by atomic mass is 16.5. The summed E-state index contributed by atoms with van der Waals surface area (Å²) in [4.78, 5) is 0. The fraction of sp³-hybridized carbons (Fsp3) is 0.769. The Morgan fingerprint density at radius 2 is 1.94 bits per heavy atom. The van der Waals surface area contributed by atoms with Crippen molar-refractivity contribution in [2.45, 2.75) is 46.1 Å². The first kappa shape index (κ1) is 14.0. The maximum Gasteiger partial charge on any atom is 0.217 e. The number of hydrogen-bond donors (Lipinski definition) is 1. The van der Waals surface area contributed by atoms with Crippen LogP contribution in [0.3, 0.4) is 0 Å². The Balaban J connectivity index is 2.91. The molecule has 1 heterocycles. The number of aliphatic hydroxyl groups excluding tert-OH is 1. The highest BCUT2D eigenvalue weighted by Gasteiger charge is 2.23. The van der Waals surface area contributed by atoms with Gasteiger partial charge < -0.3 is 9.84 Å². The summed E-state index contributed by atoms with van der Waals surface area (Å²) in [6.07, 6.45) is 2.48. The molecule has 98 valence electrons. The van der Waals surface area contributed by atoms with E-state index in [0.717, 1.165) is 30.5 Å². The maximum absolute atomic E-state index is 10.3.